The van der Waals surface area contributed by atoms with Gasteiger partial charge in [-0.1, -0.05) is 9.97 Å². The number of aromatic nitrogens is 3. The summed E-state index contributed by atoms with van der Waals surface area (Å²) in [4.78, 5) is 10.9. The Labute approximate surface area is 82.0 Å². The normalized spacial score (nSPS) is 9.77. The Kier molecular flexibility index (Phi) is 3.70. The molecule has 1 rings (SSSR count). The smallest absolute Gasteiger partial charge is 0.307 e. The number of aromatic amines is 1. The SMILES string of the molecule is CCNc1nc(Cl)nc(NCC)[nH+]1. The molecule has 3 N–H and O–H groups in total. The van der Waals surface area contributed by atoms with E-state index >= 15 is 0 Å². The van der Waals surface area contributed by atoms with Gasteiger partial charge in [0, 0.05) is 13.1 Å². The average Bonchev–Trinajstić information content (AvgIpc) is 2.04. The average molecular weight is 203 g/mol. The molecule has 0 aliphatic heterocycles. The molecule has 0 unspecified atom stereocenters. The Balaban J connectivity index is 2.83. The van der Waals surface area contributed by atoms with E-state index in [0.29, 0.717) is 11.9 Å². The van der Waals surface area contributed by atoms with E-state index in [4.69, 9.17) is 11.6 Å². The van der Waals surface area contributed by atoms with Crippen LogP contribution in [0.15, 0.2) is 0 Å². The summed E-state index contributed by atoms with van der Waals surface area (Å²) in [5, 5.41) is 6.26. The molecular formula is C7H13ClN5+. The van der Waals surface area contributed by atoms with Crippen molar-refractivity contribution in [3.05, 3.63) is 5.28 Å². The topological polar surface area (TPSA) is 64.0 Å². The second-order valence-corrected chi connectivity index (χ2v) is 2.71. The third kappa shape index (κ3) is 3.02. The zero-order valence-corrected chi connectivity index (χ0v) is 8.44. The summed E-state index contributed by atoms with van der Waals surface area (Å²) in [6.45, 7) is 5.54. The number of H-pyrrole nitrogens is 1. The van der Waals surface area contributed by atoms with Gasteiger partial charge >= 0.3 is 17.2 Å². The molecule has 0 atom stereocenters. The van der Waals surface area contributed by atoms with Crippen LogP contribution in [0.5, 0.6) is 0 Å². The van der Waals surface area contributed by atoms with Gasteiger partial charge in [0.2, 0.25) is 0 Å². The molecule has 1 aromatic heterocycles. The highest BCUT2D eigenvalue weighted by Crippen LogP contribution is 2.03. The molecule has 0 fully saturated rings. The van der Waals surface area contributed by atoms with Gasteiger partial charge in [-0.25, -0.2) is 4.98 Å². The summed E-state index contributed by atoms with van der Waals surface area (Å²) < 4.78 is 0. The van der Waals surface area contributed by atoms with E-state index in [1.807, 2.05) is 13.8 Å². The van der Waals surface area contributed by atoms with Crippen LogP contribution in [0.2, 0.25) is 5.28 Å². The van der Waals surface area contributed by atoms with Crippen molar-refractivity contribution >= 4 is 23.5 Å². The highest BCUT2D eigenvalue weighted by Gasteiger charge is 2.08. The van der Waals surface area contributed by atoms with E-state index in [1.165, 1.54) is 0 Å². The predicted molar refractivity (Wildman–Crippen MR) is 51.9 cm³/mol. The molecule has 5 nitrogen and oxygen atoms in total. The number of halogens is 1. The monoisotopic (exact) mass is 202 g/mol. The molecule has 1 aromatic rings. The van der Waals surface area contributed by atoms with Gasteiger partial charge in [0.05, 0.1) is 0 Å². The molecule has 0 aromatic carbocycles. The van der Waals surface area contributed by atoms with E-state index in [-0.39, 0.29) is 5.28 Å². The first-order chi connectivity index (χ1) is 6.26. The Morgan fingerprint density at radius 2 is 1.62 bits per heavy atom. The molecule has 0 amide bonds. The number of nitrogens with one attached hydrogen (secondary N) is 3. The first-order valence-corrected chi connectivity index (χ1v) is 4.58. The van der Waals surface area contributed by atoms with E-state index in [1.54, 1.807) is 0 Å². The number of hydrogen-bond donors (Lipinski definition) is 2. The zero-order valence-electron chi connectivity index (χ0n) is 7.69. The maximum atomic E-state index is 5.70. The van der Waals surface area contributed by atoms with Crippen LogP contribution in [-0.2, 0) is 0 Å². The highest BCUT2D eigenvalue weighted by molar-refractivity contribution is 6.28. The quantitative estimate of drug-likeness (QED) is 0.759. The van der Waals surface area contributed by atoms with E-state index in [9.17, 15) is 0 Å². The number of anilines is 2. The van der Waals surface area contributed by atoms with Crippen molar-refractivity contribution in [2.45, 2.75) is 13.8 Å². The minimum absolute atomic E-state index is 0.227. The van der Waals surface area contributed by atoms with Crippen molar-refractivity contribution in [2.24, 2.45) is 0 Å². The van der Waals surface area contributed by atoms with Gasteiger partial charge in [-0.3, -0.25) is 0 Å². The molecule has 0 spiro atoms. The summed E-state index contributed by atoms with van der Waals surface area (Å²) >= 11 is 5.70. The van der Waals surface area contributed by atoms with E-state index in [0.717, 1.165) is 13.1 Å². The van der Waals surface area contributed by atoms with Gasteiger partial charge in [-0.05, 0) is 25.4 Å². The van der Waals surface area contributed by atoms with Gasteiger partial charge in [0.1, 0.15) is 0 Å². The Morgan fingerprint density at radius 1 is 1.15 bits per heavy atom. The fourth-order valence-electron chi connectivity index (χ4n) is 0.880. The van der Waals surface area contributed by atoms with Gasteiger partial charge in [0.15, 0.2) is 0 Å². The molecule has 0 saturated heterocycles. The van der Waals surface area contributed by atoms with Gasteiger partial charge in [-0.2, -0.15) is 0 Å². The van der Waals surface area contributed by atoms with Crippen molar-refractivity contribution in [1.29, 1.82) is 0 Å². The van der Waals surface area contributed by atoms with Crippen LogP contribution < -0.4 is 15.6 Å². The number of nitrogens with zero attached hydrogens (tertiary/aromatic N) is 2. The Morgan fingerprint density at radius 3 is 2.00 bits per heavy atom. The van der Waals surface area contributed by atoms with Crippen molar-refractivity contribution in [1.82, 2.24) is 9.97 Å². The fraction of sp³-hybridized carbons (Fsp3) is 0.571. The molecular weight excluding hydrogens is 190 g/mol. The van der Waals surface area contributed by atoms with Crippen LogP contribution in [0.3, 0.4) is 0 Å². The van der Waals surface area contributed by atoms with Crippen LogP contribution in [0.4, 0.5) is 11.9 Å². The molecule has 0 aliphatic rings. The van der Waals surface area contributed by atoms with Gasteiger partial charge < -0.3 is 10.6 Å². The second kappa shape index (κ2) is 4.81. The lowest BCUT2D eigenvalue weighted by Crippen LogP contribution is -2.22. The zero-order chi connectivity index (χ0) is 9.68. The molecule has 6 heteroatoms. The minimum atomic E-state index is 0.227. The van der Waals surface area contributed by atoms with Crippen molar-refractivity contribution in [3.63, 3.8) is 0 Å². The van der Waals surface area contributed by atoms with Crippen LogP contribution in [0.25, 0.3) is 0 Å². The summed E-state index contributed by atoms with van der Waals surface area (Å²) in [6, 6.07) is 0. The van der Waals surface area contributed by atoms with Crippen molar-refractivity contribution < 1.29 is 4.98 Å². The fourth-order valence-corrected chi connectivity index (χ4v) is 1.05. The van der Waals surface area contributed by atoms with Crippen LogP contribution in [-0.4, -0.2) is 23.1 Å². The first kappa shape index (κ1) is 9.98. The van der Waals surface area contributed by atoms with Crippen molar-refractivity contribution in [2.75, 3.05) is 23.7 Å². The van der Waals surface area contributed by atoms with E-state index in [2.05, 4.69) is 25.6 Å². The molecule has 72 valence electrons. The largest absolute Gasteiger partial charge is 0.322 e. The second-order valence-electron chi connectivity index (χ2n) is 2.38. The summed E-state index contributed by atoms with van der Waals surface area (Å²) in [6.07, 6.45) is 0. The molecule has 13 heavy (non-hydrogen) atoms. The lowest BCUT2D eigenvalue weighted by atomic mass is 10.7. The number of rotatable bonds is 4. The maximum Gasteiger partial charge on any atom is 0.322 e. The Bertz CT molecular complexity index is 253. The van der Waals surface area contributed by atoms with Crippen LogP contribution in [0.1, 0.15) is 13.8 Å². The molecule has 0 radical (unpaired) electrons. The third-order valence-corrected chi connectivity index (χ3v) is 1.50. The highest BCUT2D eigenvalue weighted by atomic mass is 35.5. The van der Waals surface area contributed by atoms with Crippen LogP contribution >= 0.6 is 11.6 Å². The number of hydrogen-bond acceptors (Lipinski definition) is 4. The van der Waals surface area contributed by atoms with Gasteiger partial charge in [-0.15, -0.1) is 0 Å². The molecule has 0 saturated carbocycles. The first-order valence-electron chi connectivity index (χ1n) is 4.20. The van der Waals surface area contributed by atoms with Crippen LogP contribution in [0, 0.1) is 0 Å². The molecule has 0 bridgehead atoms. The lowest BCUT2D eigenvalue weighted by Gasteiger charge is -1.99. The summed E-state index contributed by atoms with van der Waals surface area (Å²) in [5.74, 6) is 1.25. The van der Waals surface area contributed by atoms with Gasteiger partial charge in [0.25, 0.3) is 0 Å². The maximum absolute atomic E-state index is 5.70. The van der Waals surface area contributed by atoms with E-state index < -0.39 is 0 Å². The standard InChI is InChI=1S/C7H12ClN5/c1-3-9-6-11-5(8)12-7(13-6)10-4-2/h3-4H2,1-2H3,(H2,9,10,11,12,13)/p+1. The Hall–Kier alpha value is -1.10. The summed E-state index contributed by atoms with van der Waals surface area (Å²) in [7, 11) is 0. The molecule has 1 heterocycles. The minimum Gasteiger partial charge on any atom is -0.307 e. The predicted octanol–water partition coefficient (Wildman–Crippen LogP) is 0.808. The summed E-state index contributed by atoms with van der Waals surface area (Å²) in [5.41, 5.74) is 0. The third-order valence-electron chi connectivity index (χ3n) is 1.33. The van der Waals surface area contributed by atoms with Crippen molar-refractivity contribution in [3.8, 4) is 0 Å². The molecule has 0 aliphatic carbocycles. The lowest BCUT2D eigenvalue weighted by molar-refractivity contribution is -0.352.